The lowest BCUT2D eigenvalue weighted by Gasteiger charge is -2.08. The van der Waals surface area contributed by atoms with Crippen LogP contribution in [-0.2, 0) is 10.0 Å². The van der Waals surface area contributed by atoms with Crippen LogP contribution in [0.1, 0.15) is 26.2 Å². The minimum Gasteiger partial charge on any atom is -0.492 e. The van der Waals surface area contributed by atoms with Crippen molar-refractivity contribution < 1.29 is 17.5 Å². The van der Waals surface area contributed by atoms with Gasteiger partial charge in [-0.1, -0.05) is 19.8 Å². The lowest BCUT2D eigenvalue weighted by atomic mass is 10.3. The molecule has 1 aromatic rings. The predicted molar refractivity (Wildman–Crippen MR) is 73.2 cm³/mol. The van der Waals surface area contributed by atoms with E-state index < -0.39 is 10.0 Å². The fourth-order valence-corrected chi connectivity index (χ4v) is 2.38. The summed E-state index contributed by atoms with van der Waals surface area (Å²) in [7, 11) is -3.29. The second kappa shape index (κ2) is 8.12. The fourth-order valence-electron chi connectivity index (χ4n) is 1.47. The van der Waals surface area contributed by atoms with Gasteiger partial charge in [0.15, 0.2) is 0 Å². The van der Waals surface area contributed by atoms with E-state index in [0.29, 0.717) is 12.3 Å². The summed E-state index contributed by atoms with van der Waals surface area (Å²) in [5.74, 6) is 0.0106. The zero-order chi connectivity index (χ0) is 14.1. The first-order chi connectivity index (χ1) is 9.03. The van der Waals surface area contributed by atoms with E-state index in [2.05, 4.69) is 11.6 Å². The molecule has 0 unspecified atom stereocenters. The average Bonchev–Trinajstić information content (AvgIpc) is 2.37. The van der Waals surface area contributed by atoms with Crippen LogP contribution in [0.25, 0.3) is 0 Å². The highest BCUT2D eigenvalue weighted by atomic mass is 32.2. The molecule has 0 aliphatic carbocycles. The van der Waals surface area contributed by atoms with Gasteiger partial charge in [-0.2, -0.15) is 0 Å². The van der Waals surface area contributed by atoms with Crippen molar-refractivity contribution >= 4 is 10.0 Å². The Morgan fingerprint density at radius 1 is 1.21 bits per heavy atom. The maximum absolute atomic E-state index is 12.6. The summed E-state index contributed by atoms with van der Waals surface area (Å²) < 4.78 is 43.6. The van der Waals surface area contributed by atoms with E-state index in [4.69, 9.17) is 4.74 Å². The number of unbranched alkanes of at least 4 members (excludes halogenated alkanes) is 2. The van der Waals surface area contributed by atoms with Gasteiger partial charge in [-0.25, -0.2) is 17.5 Å². The lowest BCUT2D eigenvalue weighted by molar-refractivity contribution is 0.339. The Kier molecular flexibility index (Phi) is 6.80. The molecule has 0 radical (unpaired) electrons. The lowest BCUT2D eigenvalue weighted by Crippen LogP contribution is -2.29. The van der Waals surface area contributed by atoms with Crippen LogP contribution in [0, 0.1) is 5.82 Å². The molecule has 0 saturated carbocycles. The van der Waals surface area contributed by atoms with Crippen molar-refractivity contribution in [3.05, 3.63) is 30.1 Å². The van der Waals surface area contributed by atoms with Crippen molar-refractivity contribution in [2.24, 2.45) is 0 Å². The molecule has 19 heavy (non-hydrogen) atoms. The molecule has 4 nitrogen and oxygen atoms in total. The molecule has 0 fully saturated rings. The quantitative estimate of drug-likeness (QED) is 0.710. The number of hydrogen-bond donors (Lipinski definition) is 1. The van der Waals surface area contributed by atoms with Crippen LogP contribution in [-0.4, -0.2) is 27.3 Å². The molecule has 6 heteroatoms. The number of hydrogen-bond acceptors (Lipinski definition) is 3. The molecule has 1 N–H and O–H groups in total. The Morgan fingerprint density at radius 2 is 1.89 bits per heavy atom. The number of nitrogens with one attached hydrogen (secondary N) is 1. The summed E-state index contributed by atoms with van der Waals surface area (Å²) in [6, 6.07) is 5.48. The second-order valence-electron chi connectivity index (χ2n) is 4.22. The summed E-state index contributed by atoms with van der Waals surface area (Å²) in [6.45, 7) is 2.58. The third-order valence-corrected chi connectivity index (χ3v) is 3.88. The molecule has 108 valence electrons. The molecule has 0 saturated heterocycles. The molecule has 1 aromatic carbocycles. The van der Waals surface area contributed by atoms with E-state index in [1.165, 1.54) is 24.3 Å². The first-order valence-electron chi connectivity index (χ1n) is 6.39. The van der Waals surface area contributed by atoms with Crippen molar-refractivity contribution in [1.29, 1.82) is 0 Å². The summed E-state index contributed by atoms with van der Waals surface area (Å²) in [4.78, 5) is 0. The van der Waals surface area contributed by atoms with Gasteiger partial charge in [0.05, 0.1) is 5.75 Å². The van der Waals surface area contributed by atoms with Crippen LogP contribution >= 0.6 is 0 Å². The van der Waals surface area contributed by atoms with E-state index >= 15 is 0 Å². The molecule has 1 rings (SSSR count). The largest absolute Gasteiger partial charge is 0.492 e. The fraction of sp³-hybridized carbons (Fsp3) is 0.538. The maximum atomic E-state index is 12.6. The molecule has 0 heterocycles. The van der Waals surface area contributed by atoms with Gasteiger partial charge in [-0.15, -0.1) is 0 Å². The van der Waals surface area contributed by atoms with Gasteiger partial charge in [0, 0.05) is 6.54 Å². The van der Waals surface area contributed by atoms with Gasteiger partial charge in [-0.3, -0.25) is 0 Å². The normalized spacial score (nSPS) is 11.5. The number of halogens is 1. The highest BCUT2D eigenvalue weighted by Gasteiger charge is 2.09. The van der Waals surface area contributed by atoms with Crippen molar-refractivity contribution in [1.82, 2.24) is 4.72 Å². The van der Waals surface area contributed by atoms with Gasteiger partial charge >= 0.3 is 0 Å². The Bertz CT molecular complexity index is 459. The Morgan fingerprint density at radius 3 is 2.53 bits per heavy atom. The summed E-state index contributed by atoms with van der Waals surface area (Å²) >= 11 is 0. The Hall–Kier alpha value is -1.14. The smallest absolute Gasteiger partial charge is 0.214 e. The van der Waals surface area contributed by atoms with Crippen molar-refractivity contribution in [2.45, 2.75) is 26.2 Å². The van der Waals surface area contributed by atoms with Crippen LogP contribution in [0.4, 0.5) is 4.39 Å². The minimum absolute atomic E-state index is 0.0503. The predicted octanol–water partition coefficient (Wildman–Crippen LogP) is 2.31. The number of rotatable bonds is 9. The first kappa shape index (κ1) is 15.9. The van der Waals surface area contributed by atoms with Crippen molar-refractivity contribution in [3.8, 4) is 5.75 Å². The Labute approximate surface area is 114 Å². The van der Waals surface area contributed by atoms with Gasteiger partial charge in [0.1, 0.15) is 18.2 Å². The molecular weight excluding hydrogens is 269 g/mol. The van der Waals surface area contributed by atoms with Gasteiger partial charge in [0.25, 0.3) is 0 Å². The first-order valence-corrected chi connectivity index (χ1v) is 8.04. The van der Waals surface area contributed by atoms with Crippen molar-refractivity contribution in [3.63, 3.8) is 0 Å². The maximum Gasteiger partial charge on any atom is 0.214 e. The molecule has 0 bridgehead atoms. The third kappa shape index (κ3) is 7.12. The van der Waals surface area contributed by atoms with Gasteiger partial charge in [-0.05, 0) is 30.7 Å². The van der Waals surface area contributed by atoms with E-state index in [-0.39, 0.29) is 18.2 Å². The minimum atomic E-state index is -3.29. The topological polar surface area (TPSA) is 55.4 Å². The zero-order valence-corrected chi connectivity index (χ0v) is 11.9. The van der Waals surface area contributed by atoms with Crippen LogP contribution < -0.4 is 9.46 Å². The highest BCUT2D eigenvalue weighted by Crippen LogP contribution is 2.10. The van der Waals surface area contributed by atoms with Gasteiger partial charge in [0.2, 0.25) is 10.0 Å². The van der Waals surface area contributed by atoms with E-state index in [9.17, 15) is 12.8 Å². The van der Waals surface area contributed by atoms with E-state index in [1.54, 1.807) is 0 Å². The average molecular weight is 289 g/mol. The van der Waals surface area contributed by atoms with E-state index in [0.717, 1.165) is 19.3 Å². The molecule has 0 amide bonds. The monoisotopic (exact) mass is 289 g/mol. The summed E-state index contributed by atoms with van der Waals surface area (Å²) in [6.07, 6.45) is 2.90. The second-order valence-corrected chi connectivity index (χ2v) is 6.15. The van der Waals surface area contributed by atoms with Crippen molar-refractivity contribution in [2.75, 3.05) is 18.9 Å². The molecule has 0 aliphatic heterocycles. The van der Waals surface area contributed by atoms with Crippen LogP contribution in [0.15, 0.2) is 24.3 Å². The number of ether oxygens (including phenoxy) is 1. The number of benzene rings is 1. The van der Waals surface area contributed by atoms with Crippen LogP contribution in [0.3, 0.4) is 0 Å². The zero-order valence-electron chi connectivity index (χ0n) is 11.1. The summed E-state index contributed by atoms with van der Waals surface area (Å²) in [5.41, 5.74) is 0. The van der Waals surface area contributed by atoms with E-state index in [1.807, 2.05) is 0 Å². The SMILES string of the molecule is CCCCCNS(=O)(=O)CCOc1ccc(F)cc1. The third-order valence-electron chi connectivity index (χ3n) is 2.54. The van der Waals surface area contributed by atoms with Gasteiger partial charge < -0.3 is 4.74 Å². The number of sulfonamides is 1. The molecule has 0 atom stereocenters. The summed E-state index contributed by atoms with van der Waals surface area (Å²) in [5, 5.41) is 0. The molecule has 0 aliphatic rings. The van der Waals surface area contributed by atoms with Crippen LogP contribution in [0.2, 0.25) is 0 Å². The Balaban J connectivity index is 2.25. The highest BCUT2D eigenvalue weighted by molar-refractivity contribution is 7.89. The van der Waals surface area contributed by atoms with Crippen LogP contribution in [0.5, 0.6) is 5.75 Å². The molecule has 0 aromatic heterocycles. The molecule has 0 spiro atoms. The molecular formula is C13H20FNO3S. The standard InChI is InChI=1S/C13H20FNO3S/c1-2-3-4-9-15-19(16,17)11-10-18-13-7-5-12(14)6-8-13/h5-8,15H,2-4,9-11H2,1H3.